The lowest BCUT2D eigenvalue weighted by atomic mass is 9.80. The Morgan fingerprint density at radius 2 is 1.94 bits per heavy atom. The van der Waals surface area contributed by atoms with Crippen LogP contribution in [0.25, 0.3) is 0 Å². The van der Waals surface area contributed by atoms with Crippen LogP contribution in [0, 0.1) is 11.8 Å². The van der Waals surface area contributed by atoms with Crippen molar-refractivity contribution in [3.05, 3.63) is 18.2 Å². The van der Waals surface area contributed by atoms with E-state index in [1.807, 2.05) is 18.2 Å². The summed E-state index contributed by atoms with van der Waals surface area (Å²) in [6, 6.07) is 5.64. The van der Waals surface area contributed by atoms with Gasteiger partial charge in [0.15, 0.2) is 0 Å². The molecule has 0 aliphatic heterocycles. The molecule has 3 heteroatoms. The lowest BCUT2D eigenvalue weighted by molar-refractivity contribution is 0.101. The van der Waals surface area contributed by atoms with E-state index < -0.39 is 0 Å². The number of anilines is 1. The van der Waals surface area contributed by atoms with E-state index in [9.17, 15) is 0 Å². The molecule has 2 N–H and O–H groups in total. The number of rotatable bonds is 3. The van der Waals surface area contributed by atoms with E-state index in [-0.39, 0.29) is 0 Å². The van der Waals surface area contributed by atoms with Gasteiger partial charge in [-0.2, -0.15) is 0 Å². The molecule has 1 fully saturated rings. The van der Waals surface area contributed by atoms with Gasteiger partial charge in [-0.3, -0.25) is 0 Å². The molecule has 3 unspecified atom stereocenters. The van der Waals surface area contributed by atoms with Gasteiger partial charge in [0.25, 0.3) is 0 Å². The molecule has 0 aromatic heterocycles. The second kappa shape index (κ2) is 5.51. The van der Waals surface area contributed by atoms with Crippen LogP contribution < -0.4 is 15.2 Å². The molecule has 1 aromatic carbocycles. The Morgan fingerprint density at radius 1 is 1.17 bits per heavy atom. The van der Waals surface area contributed by atoms with Crippen molar-refractivity contribution < 1.29 is 9.47 Å². The van der Waals surface area contributed by atoms with Gasteiger partial charge in [0.05, 0.1) is 18.9 Å². The van der Waals surface area contributed by atoms with Crippen molar-refractivity contribution in [2.75, 3.05) is 12.8 Å². The second-order valence-electron chi connectivity index (χ2n) is 5.41. The number of benzene rings is 1. The molecule has 1 aromatic rings. The van der Waals surface area contributed by atoms with E-state index >= 15 is 0 Å². The zero-order chi connectivity index (χ0) is 13.1. The van der Waals surface area contributed by atoms with Gasteiger partial charge >= 0.3 is 0 Å². The van der Waals surface area contributed by atoms with Gasteiger partial charge < -0.3 is 15.2 Å². The summed E-state index contributed by atoms with van der Waals surface area (Å²) >= 11 is 0. The van der Waals surface area contributed by atoms with E-state index in [2.05, 4.69) is 13.8 Å². The molecule has 0 heterocycles. The molecule has 1 aliphatic carbocycles. The third-order valence-electron chi connectivity index (χ3n) is 4.05. The largest absolute Gasteiger partial charge is 0.495 e. The fraction of sp³-hybridized carbons (Fsp3) is 0.600. The summed E-state index contributed by atoms with van der Waals surface area (Å²) in [5.41, 5.74) is 6.51. The number of ether oxygens (including phenoxy) is 2. The molecule has 0 spiro atoms. The van der Waals surface area contributed by atoms with E-state index in [1.165, 1.54) is 6.42 Å². The van der Waals surface area contributed by atoms with Crippen LogP contribution in [0.5, 0.6) is 11.5 Å². The topological polar surface area (TPSA) is 44.5 Å². The average Bonchev–Trinajstić information content (AvgIpc) is 2.34. The first-order valence-electron chi connectivity index (χ1n) is 6.70. The van der Waals surface area contributed by atoms with Gasteiger partial charge in [-0.25, -0.2) is 0 Å². The van der Waals surface area contributed by atoms with Crippen molar-refractivity contribution in [3.63, 3.8) is 0 Å². The first kappa shape index (κ1) is 13.1. The Bertz CT molecular complexity index is 405. The van der Waals surface area contributed by atoms with Crippen LogP contribution in [0.1, 0.15) is 33.1 Å². The molecule has 100 valence electrons. The molecule has 3 nitrogen and oxygen atoms in total. The van der Waals surface area contributed by atoms with Gasteiger partial charge in [-0.15, -0.1) is 0 Å². The van der Waals surface area contributed by atoms with Gasteiger partial charge in [0.1, 0.15) is 11.5 Å². The first-order valence-corrected chi connectivity index (χ1v) is 6.70. The summed E-state index contributed by atoms with van der Waals surface area (Å²) < 4.78 is 11.2. The molecular weight excluding hydrogens is 226 g/mol. The highest BCUT2D eigenvalue weighted by atomic mass is 16.5. The van der Waals surface area contributed by atoms with Gasteiger partial charge in [-0.05, 0) is 43.2 Å². The Hall–Kier alpha value is -1.38. The minimum atomic E-state index is 0.323. The normalized spacial score (nSPS) is 27.8. The highest BCUT2D eigenvalue weighted by molar-refractivity contribution is 5.56. The fourth-order valence-corrected chi connectivity index (χ4v) is 2.58. The summed E-state index contributed by atoms with van der Waals surface area (Å²) in [7, 11) is 1.62. The third-order valence-corrected chi connectivity index (χ3v) is 4.05. The molecule has 1 aliphatic rings. The summed E-state index contributed by atoms with van der Waals surface area (Å²) in [6.07, 6.45) is 3.84. The average molecular weight is 249 g/mol. The van der Waals surface area contributed by atoms with Crippen molar-refractivity contribution in [2.24, 2.45) is 11.8 Å². The third kappa shape index (κ3) is 2.89. The number of hydrogen-bond donors (Lipinski definition) is 1. The Morgan fingerprint density at radius 3 is 2.56 bits per heavy atom. The Balaban J connectivity index is 1.99. The number of nitrogen functional groups attached to an aromatic ring is 1. The predicted octanol–water partition coefficient (Wildman–Crippen LogP) is 3.48. The second-order valence-corrected chi connectivity index (χ2v) is 5.41. The van der Waals surface area contributed by atoms with Crippen LogP contribution >= 0.6 is 0 Å². The van der Waals surface area contributed by atoms with E-state index in [0.717, 1.165) is 30.4 Å². The van der Waals surface area contributed by atoms with Crippen molar-refractivity contribution in [2.45, 2.75) is 39.2 Å². The maximum atomic E-state index is 6.02. The molecule has 0 amide bonds. The summed E-state index contributed by atoms with van der Waals surface area (Å²) in [4.78, 5) is 0. The van der Waals surface area contributed by atoms with Crippen molar-refractivity contribution in [3.8, 4) is 11.5 Å². The fourth-order valence-electron chi connectivity index (χ4n) is 2.58. The minimum absolute atomic E-state index is 0.323. The number of methoxy groups -OCH3 is 1. The van der Waals surface area contributed by atoms with E-state index in [4.69, 9.17) is 15.2 Å². The molecule has 3 atom stereocenters. The molecule has 0 saturated heterocycles. The van der Waals surface area contributed by atoms with Gasteiger partial charge in [0, 0.05) is 6.07 Å². The smallest absolute Gasteiger partial charge is 0.142 e. The monoisotopic (exact) mass is 249 g/mol. The zero-order valence-corrected chi connectivity index (χ0v) is 11.5. The number of hydrogen-bond acceptors (Lipinski definition) is 3. The molecule has 0 radical (unpaired) electrons. The quantitative estimate of drug-likeness (QED) is 0.834. The molecule has 0 bridgehead atoms. The first-order chi connectivity index (χ1) is 8.60. The highest BCUT2D eigenvalue weighted by Crippen LogP contribution is 2.33. The molecule has 1 saturated carbocycles. The summed E-state index contributed by atoms with van der Waals surface area (Å²) in [5.74, 6) is 3.10. The molecule has 2 rings (SSSR count). The molecular formula is C15H23NO2. The van der Waals surface area contributed by atoms with Crippen molar-refractivity contribution in [1.29, 1.82) is 0 Å². The summed E-state index contributed by atoms with van der Waals surface area (Å²) in [6.45, 7) is 4.63. The lowest BCUT2D eigenvalue weighted by Gasteiger charge is -2.32. The minimum Gasteiger partial charge on any atom is -0.495 e. The van der Waals surface area contributed by atoms with Crippen LogP contribution in [0.3, 0.4) is 0 Å². The SMILES string of the molecule is COc1ccc(OC2CCC(C)C(C)C2)cc1N. The lowest BCUT2D eigenvalue weighted by Crippen LogP contribution is -2.28. The highest BCUT2D eigenvalue weighted by Gasteiger charge is 2.25. The Kier molecular flexibility index (Phi) is 4.00. The van der Waals surface area contributed by atoms with E-state index in [0.29, 0.717) is 17.5 Å². The molecule has 18 heavy (non-hydrogen) atoms. The van der Waals surface area contributed by atoms with Crippen molar-refractivity contribution >= 4 is 5.69 Å². The predicted molar refractivity (Wildman–Crippen MR) is 74.0 cm³/mol. The van der Waals surface area contributed by atoms with Crippen LogP contribution in [-0.2, 0) is 0 Å². The van der Waals surface area contributed by atoms with E-state index in [1.54, 1.807) is 7.11 Å². The van der Waals surface area contributed by atoms with Crippen molar-refractivity contribution in [1.82, 2.24) is 0 Å². The Labute approximate surface area is 109 Å². The van der Waals surface area contributed by atoms with Crippen LogP contribution in [0.4, 0.5) is 5.69 Å². The number of nitrogens with two attached hydrogens (primary N) is 1. The van der Waals surface area contributed by atoms with Gasteiger partial charge in [0.2, 0.25) is 0 Å². The maximum absolute atomic E-state index is 6.02. The zero-order valence-electron chi connectivity index (χ0n) is 11.5. The standard InChI is InChI=1S/C15H23NO2/c1-10-4-5-12(8-11(10)2)18-13-6-7-15(17-3)14(16)9-13/h6-7,9-12H,4-5,8,16H2,1-3H3. The van der Waals surface area contributed by atoms with Gasteiger partial charge in [-0.1, -0.05) is 13.8 Å². The maximum Gasteiger partial charge on any atom is 0.142 e. The van der Waals surface area contributed by atoms with Crippen LogP contribution in [0.2, 0.25) is 0 Å². The van der Waals surface area contributed by atoms with Crippen LogP contribution in [-0.4, -0.2) is 13.2 Å². The van der Waals surface area contributed by atoms with Crippen LogP contribution in [0.15, 0.2) is 18.2 Å². The summed E-state index contributed by atoms with van der Waals surface area (Å²) in [5, 5.41) is 0.